The molecule has 0 unspecified atom stereocenters. The van der Waals surface area contributed by atoms with Crippen LogP contribution in [0.25, 0.3) is 11.0 Å². The van der Waals surface area contributed by atoms with Gasteiger partial charge in [0.05, 0.1) is 0 Å². The van der Waals surface area contributed by atoms with Crippen LogP contribution in [0.5, 0.6) is 5.75 Å². The van der Waals surface area contributed by atoms with E-state index in [1.54, 1.807) is 12.1 Å². The van der Waals surface area contributed by atoms with Crippen molar-refractivity contribution in [1.29, 1.82) is 0 Å². The summed E-state index contributed by atoms with van der Waals surface area (Å²) < 4.78 is 11.2. The van der Waals surface area contributed by atoms with E-state index in [0.29, 0.717) is 28.9 Å². The molecule has 0 atom stereocenters. The lowest BCUT2D eigenvalue weighted by atomic mass is 10.0. The fraction of sp³-hybridized carbons (Fsp3) is 0.238. The largest absolute Gasteiger partial charge is 0.485 e. The maximum atomic E-state index is 12.2. The second-order valence-corrected chi connectivity index (χ2v) is 5.99. The number of hydrogen-bond acceptors (Lipinski definition) is 4. The summed E-state index contributed by atoms with van der Waals surface area (Å²) >= 11 is 0. The number of aryl methyl sites for hydroxylation is 2. The Morgan fingerprint density at radius 2 is 1.76 bits per heavy atom. The van der Waals surface area contributed by atoms with Gasteiger partial charge >= 0.3 is 5.63 Å². The number of hydrogen-bond donors (Lipinski definition) is 0. The molecule has 2 aromatic carbocycles. The highest BCUT2D eigenvalue weighted by atomic mass is 16.5. The molecule has 0 fully saturated rings. The second kappa shape index (κ2) is 6.93. The lowest BCUT2D eigenvalue weighted by Gasteiger charge is -2.12. The first-order chi connectivity index (χ1) is 12.0. The zero-order chi connectivity index (χ0) is 18.0. The monoisotopic (exact) mass is 336 g/mol. The SMILES string of the molecule is CCc1c(C)c2ccc(OCC(=O)c3ccccc3)c(C)c2oc1=O. The third-order valence-electron chi connectivity index (χ3n) is 4.46. The van der Waals surface area contributed by atoms with E-state index in [4.69, 9.17) is 9.15 Å². The van der Waals surface area contributed by atoms with Gasteiger partial charge < -0.3 is 9.15 Å². The maximum absolute atomic E-state index is 12.2. The Morgan fingerprint density at radius 1 is 1.04 bits per heavy atom. The molecule has 0 saturated carbocycles. The Labute approximate surface area is 146 Å². The van der Waals surface area contributed by atoms with E-state index >= 15 is 0 Å². The van der Waals surface area contributed by atoms with Crippen molar-refractivity contribution in [3.8, 4) is 5.75 Å². The highest BCUT2D eigenvalue weighted by Gasteiger charge is 2.15. The molecule has 0 aliphatic carbocycles. The predicted molar refractivity (Wildman–Crippen MR) is 97.6 cm³/mol. The number of ketones is 1. The number of ether oxygens (including phenoxy) is 1. The zero-order valence-corrected chi connectivity index (χ0v) is 14.6. The van der Waals surface area contributed by atoms with Gasteiger partial charge in [0, 0.05) is 22.1 Å². The van der Waals surface area contributed by atoms with E-state index < -0.39 is 0 Å². The molecule has 0 aliphatic rings. The zero-order valence-electron chi connectivity index (χ0n) is 14.6. The standard InChI is InChI=1S/C21H20O4/c1-4-16-13(2)17-10-11-19(14(3)20(17)25-21(16)23)24-12-18(22)15-8-6-5-7-9-15/h5-11H,4,12H2,1-3H3. The molecule has 1 heterocycles. The minimum Gasteiger partial charge on any atom is -0.485 e. The van der Waals surface area contributed by atoms with Crippen molar-refractivity contribution in [3.05, 3.63) is 75.1 Å². The van der Waals surface area contributed by atoms with Gasteiger partial charge in [-0.25, -0.2) is 4.79 Å². The first-order valence-corrected chi connectivity index (χ1v) is 8.29. The molecule has 0 spiro atoms. The third kappa shape index (κ3) is 3.20. The van der Waals surface area contributed by atoms with Crippen LogP contribution in [0.3, 0.4) is 0 Å². The summed E-state index contributed by atoms with van der Waals surface area (Å²) in [5.41, 5.74) is 3.16. The average molecular weight is 336 g/mol. The molecule has 0 bridgehead atoms. The molecule has 4 nitrogen and oxygen atoms in total. The van der Waals surface area contributed by atoms with E-state index in [2.05, 4.69) is 0 Å². The van der Waals surface area contributed by atoms with E-state index in [-0.39, 0.29) is 18.0 Å². The normalized spacial score (nSPS) is 10.8. The van der Waals surface area contributed by atoms with E-state index in [1.165, 1.54) is 0 Å². The summed E-state index contributed by atoms with van der Waals surface area (Å²) in [5.74, 6) is 0.447. The van der Waals surface area contributed by atoms with E-state index in [9.17, 15) is 9.59 Å². The van der Waals surface area contributed by atoms with Crippen LogP contribution in [0.2, 0.25) is 0 Å². The van der Waals surface area contributed by atoms with E-state index in [0.717, 1.165) is 16.5 Å². The van der Waals surface area contributed by atoms with Crippen molar-refractivity contribution < 1.29 is 13.9 Å². The van der Waals surface area contributed by atoms with Crippen LogP contribution in [0.15, 0.2) is 51.7 Å². The maximum Gasteiger partial charge on any atom is 0.339 e. The summed E-state index contributed by atoms with van der Waals surface area (Å²) in [4.78, 5) is 24.3. The molecule has 1 aromatic heterocycles. The van der Waals surface area contributed by atoms with Gasteiger partial charge in [-0.1, -0.05) is 37.3 Å². The molecule has 0 saturated heterocycles. The van der Waals surface area contributed by atoms with Gasteiger partial charge in [-0.15, -0.1) is 0 Å². The van der Waals surface area contributed by atoms with Gasteiger partial charge in [-0.05, 0) is 38.0 Å². The summed E-state index contributed by atoms with van der Waals surface area (Å²) in [6, 6.07) is 12.7. The molecule has 0 N–H and O–H groups in total. The topological polar surface area (TPSA) is 56.5 Å². The van der Waals surface area contributed by atoms with Gasteiger partial charge in [-0.3, -0.25) is 4.79 Å². The quantitative estimate of drug-likeness (QED) is 0.517. The van der Waals surface area contributed by atoms with Gasteiger partial charge in [0.2, 0.25) is 0 Å². The molecular weight excluding hydrogens is 316 g/mol. The number of fused-ring (bicyclic) bond motifs is 1. The molecule has 0 aliphatic heterocycles. The predicted octanol–water partition coefficient (Wildman–Crippen LogP) is 4.23. The lowest BCUT2D eigenvalue weighted by molar-refractivity contribution is 0.0921. The summed E-state index contributed by atoms with van der Waals surface area (Å²) in [6.07, 6.45) is 0.632. The summed E-state index contributed by atoms with van der Waals surface area (Å²) in [6.45, 7) is 5.63. The Kier molecular flexibility index (Phi) is 4.70. The fourth-order valence-electron chi connectivity index (χ4n) is 2.99. The minimum atomic E-state index is -0.312. The molecule has 0 amide bonds. The van der Waals surface area contributed by atoms with Crippen molar-refractivity contribution >= 4 is 16.8 Å². The van der Waals surface area contributed by atoms with Crippen molar-refractivity contribution in [2.45, 2.75) is 27.2 Å². The van der Waals surface area contributed by atoms with Crippen LogP contribution >= 0.6 is 0 Å². The first kappa shape index (κ1) is 17.0. The first-order valence-electron chi connectivity index (χ1n) is 8.29. The highest BCUT2D eigenvalue weighted by molar-refractivity contribution is 5.97. The summed E-state index contributed by atoms with van der Waals surface area (Å²) in [5, 5.41) is 0.899. The van der Waals surface area contributed by atoms with Crippen molar-refractivity contribution in [2.75, 3.05) is 6.61 Å². The number of carbonyl (C=O) groups is 1. The van der Waals surface area contributed by atoms with Crippen LogP contribution < -0.4 is 10.4 Å². The lowest BCUT2D eigenvalue weighted by Crippen LogP contribution is -2.13. The number of Topliss-reactive ketones (excluding diaryl/α,β-unsaturated/α-hetero) is 1. The number of rotatable bonds is 5. The molecular formula is C21H20O4. The van der Waals surface area contributed by atoms with Crippen LogP contribution in [0.4, 0.5) is 0 Å². The van der Waals surface area contributed by atoms with Crippen LogP contribution in [-0.4, -0.2) is 12.4 Å². The molecule has 3 aromatic rings. The minimum absolute atomic E-state index is 0.0629. The van der Waals surface area contributed by atoms with Crippen LogP contribution in [0.1, 0.15) is 34.0 Å². The molecule has 3 rings (SSSR count). The van der Waals surface area contributed by atoms with Crippen molar-refractivity contribution in [1.82, 2.24) is 0 Å². The average Bonchev–Trinajstić information content (AvgIpc) is 2.62. The van der Waals surface area contributed by atoms with E-state index in [1.807, 2.05) is 51.1 Å². The molecule has 4 heteroatoms. The summed E-state index contributed by atoms with van der Waals surface area (Å²) in [7, 11) is 0. The number of carbonyl (C=O) groups excluding carboxylic acids is 1. The highest BCUT2D eigenvalue weighted by Crippen LogP contribution is 2.29. The third-order valence-corrected chi connectivity index (χ3v) is 4.46. The fourth-order valence-corrected chi connectivity index (χ4v) is 2.99. The van der Waals surface area contributed by atoms with Gasteiger partial charge in [-0.2, -0.15) is 0 Å². The van der Waals surface area contributed by atoms with Gasteiger partial charge in [0.25, 0.3) is 0 Å². The Balaban J connectivity index is 1.92. The Bertz CT molecular complexity index is 984. The smallest absolute Gasteiger partial charge is 0.339 e. The molecule has 0 radical (unpaired) electrons. The number of benzene rings is 2. The second-order valence-electron chi connectivity index (χ2n) is 5.99. The van der Waals surface area contributed by atoms with Crippen LogP contribution in [-0.2, 0) is 6.42 Å². The molecule has 25 heavy (non-hydrogen) atoms. The van der Waals surface area contributed by atoms with Crippen LogP contribution in [0, 0.1) is 13.8 Å². The van der Waals surface area contributed by atoms with Gasteiger partial charge in [0.1, 0.15) is 11.3 Å². The van der Waals surface area contributed by atoms with Crippen molar-refractivity contribution in [3.63, 3.8) is 0 Å². The Morgan fingerprint density at radius 3 is 2.44 bits per heavy atom. The van der Waals surface area contributed by atoms with Gasteiger partial charge in [0.15, 0.2) is 12.4 Å². The van der Waals surface area contributed by atoms with Crippen molar-refractivity contribution in [2.24, 2.45) is 0 Å². The molecule has 128 valence electrons. The Hall–Kier alpha value is -2.88.